The minimum Gasteiger partial charge on any atom is -0.453 e. The summed E-state index contributed by atoms with van der Waals surface area (Å²) in [6.45, 7) is 2.19. The van der Waals surface area contributed by atoms with Gasteiger partial charge in [-0.2, -0.15) is 0 Å². The fraction of sp³-hybridized carbons (Fsp3) is 0.667. The molecule has 1 aromatic rings. The van der Waals surface area contributed by atoms with Crippen molar-refractivity contribution in [3.8, 4) is 0 Å². The van der Waals surface area contributed by atoms with Crippen LogP contribution in [0.1, 0.15) is 57.1 Å². The maximum absolute atomic E-state index is 9.80. The molecule has 0 spiro atoms. The lowest BCUT2D eigenvalue weighted by Crippen LogP contribution is -1.96. The molecule has 0 aliphatic heterocycles. The van der Waals surface area contributed by atoms with Gasteiger partial charge in [0.05, 0.1) is 12.4 Å². The van der Waals surface area contributed by atoms with E-state index in [1.807, 2.05) is 0 Å². The molecule has 0 aliphatic rings. The lowest BCUT2D eigenvalue weighted by Gasteiger charge is -2.08. The van der Waals surface area contributed by atoms with Gasteiger partial charge in [-0.25, -0.2) is 0 Å². The largest absolute Gasteiger partial charge is 0.453 e. The third-order valence-electron chi connectivity index (χ3n) is 2.59. The second-order valence-corrected chi connectivity index (χ2v) is 4.21. The van der Waals surface area contributed by atoms with E-state index < -0.39 is 6.10 Å². The number of aliphatic hydroxyl groups excluding tert-OH is 1. The predicted octanol–water partition coefficient (Wildman–Crippen LogP) is 4.33. The summed E-state index contributed by atoms with van der Waals surface area (Å²) in [5.74, 6) is 0. The van der Waals surface area contributed by atoms with Crippen molar-refractivity contribution in [3.63, 3.8) is 0 Å². The average molecular weight is 231 g/mol. The molecular weight excluding hydrogens is 212 g/mol. The molecule has 1 N–H and O–H groups in total. The molecule has 0 amide bonds. The summed E-state index contributed by atoms with van der Waals surface area (Å²) in [5, 5.41) is 10.1. The highest BCUT2D eigenvalue weighted by Crippen LogP contribution is 2.27. The molecule has 0 aliphatic carbocycles. The summed E-state index contributed by atoms with van der Waals surface area (Å²) in [6, 6.07) is 1.74. The Bertz CT molecular complexity index is 270. The molecule has 2 nitrogen and oxygen atoms in total. The Balaban J connectivity index is 2.19. The molecular formula is C12H19ClO2. The Hall–Kier alpha value is -0.470. The normalized spacial score (nSPS) is 13.0. The number of aliphatic hydroxyl groups is 1. The fourth-order valence-electron chi connectivity index (χ4n) is 1.64. The van der Waals surface area contributed by atoms with Gasteiger partial charge in [-0.1, -0.05) is 39.0 Å². The summed E-state index contributed by atoms with van der Waals surface area (Å²) in [6.07, 6.45) is 7.81. The SMILES string of the molecule is CCCCCCCC(O)c1ccoc1Cl. The highest BCUT2D eigenvalue weighted by molar-refractivity contribution is 6.29. The summed E-state index contributed by atoms with van der Waals surface area (Å²) in [7, 11) is 0. The van der Waals surface area contributed by atoms with Gasteiger partial charge < -0.3 is 9.52 Å². The van der Waals surface area contributed by atoms with E-state index in [2.05, 4.69) is 6.92 Å². The Kier molecular flexibility index (Phi) is 5.81. The first-order valence-corrected chi connectivity index (χ1v) is 6.04. The first kappa shape index (κ1) is 12.6. The molecule has 1 atom stereocenters. The minimum absolute atomic E-state index is 0.316. The van der Waals surface area contributed by atoms with E-state index in [1.165, 1.54) is 31.9 Å². The highest BCUT2D eigenvalue weighted by Gasteiger charge is 2.13. The third kappa shape index (κ3) is 4.27. The van der Waals surface area contributed by atoms with Crippen LogP contribution < -0.4 is 0 Å². The summed E-state index contributed by atoms with van der Waals surface area (Å²) in [5.41, 5.74) is 0.715. The van der Waals surface area contributed by atoms with Crippen molar-refractivity contribution in [1.82, 2.24) is 0 Å². The quantitative estimate of drug-likeness (QED) is 0.708. The third-order valence-corrected chi connectivity index (χ3v) is 2.89. The fourth-order valence-corrected chi connectivity index (χ4v) is 1.88. The van der Waals surface area contributed by atoms with Crippen LogP contribution in [0.3, 0.4) is 0 Å². The van der Waals surface area contributed by atoms with Crippen molar-refractivity contribution < 1.29 is 9.52 Å². The predicted molar refractivity (Wildman–Crippen MR) is 62.1 cm³/mol. The van der Waals surface area contributed by atoms with Crippen LogP contribution >= 0.6 is 11.6 Å². The van der Waals surface area contributed by atoms with Gasteiger partial charge in [0.15, 0.2) is 5.22 Å². The highest BCUT2D eigenvalue weighted by atomic mass is 35.5. The van der Waals surface area contributed by atoms with Crippen LogP contribution in [0.2, 0.25) is 5.22 Å². The van der Waals surface area contributed by atoms with Crippen molar-refractivity contribution in [2.45, 2.75) is 51.6 Å². The van der Waals surface area contributed by atoms with Gasteiger partial charge in [-0.15, -0.1) is 0 Å². The Labute approximate surface area is 96.2 Å². The van der Waals surface area contributed by atoms with E-state index in [0.29, 0.717) is 10.8 Å². The number of unbranched alkanes of at least 4 members (excludes halogenated alkanes) is 4. The van der Waals surface area contributed by atoms with Crippen molar-refractivity contribution >= 4 is 11.6 Å². The smallest absolute Gasteiger partial charge is 0.198 e. The van der Waals surface area contributed by atoms with E-state index in [-0.39, 0.29) is 0 Å². The molecule has 1 heterocycles. The zero-order chi connectivity index (χ0) is 11.1. The molecule has 86 valence electrons. The van der Waals surface area contributed by atoms with Crippen LogP contribution in [0.15, 0.2) is 16.7 Å². The number of hydrogen-bond acceptors (Lipinski definition) is 2. The van der Waals surface area contributed by atoms with Crippen LogP contribution in [0.25, 0.3) is 0 Å². The van der Waals surface area contributed by atoms with Crippen LogP contribution in [-0.4, -0.2) is 5.11 Å². The van der Waals surface area contributed by atoms with E-state index in [9.17, 15) is 5.11 Å². The monoisotopic (exact) mass is 230 g/mol. The molecule has 15 heavy (non-hydrogen) atoms. The van der Waals surface area contributed by atoms with Crippen molar-refractivity contribution in [1.29, 1.82) is 0 Å². The summed E-state index contributed by atoms with van der Waals surface area (Å²) in [4.78, 5) is 0. The van der Waals surface area contributed by atoms with Crippen molar-refractivity contribution in [2.75, 3.05) is 0 Å². The average Bonchev–Trinajstić information content (AvgIpc) is 2.64. The molecule has 0 aromatic carbocycles. The molecule has 0 bridgehead atoms. The molecule has 0 fully saturated rings. The molecule has 1 rings (SSSR count). The van der Waals surface area contributed by atoms with Crippen LogP contribution in [0, 0.1) is 0 Å². The molecule has 1 aromatic heterocycles. The van der Waals surface area contributed by atoms with Crippen LogP contribution in [0.5, 0.6) is 0 Å². The second-order valence-electron chi connectivity index (χ2n) is 3.87. The molecule has 3 heteroatoms. The van der Waals surface area contributed by atoms with Crippen LogP contribution in [-0.2, 0) is 0 Å². The zero-order valence-electron chi connectivity index (χ0n) is 9.21. The standard InChI is InChI=1S/C12H19ClO2/c1-2-3-4-5-6-7-11(14)10-8-9-15-12(10)13/h8-9,11,14H,2-7H2,1H3. The second kappa shape index (κ2) is 6.91. The van der Waals surface area contributed by atoms with Crippen molar-refractivity contribution in [2.24, 2.45) is 0 Å². The first-order valence-electron chi connectivity index (χ1n) is 5.66. The lowest BCUT2D eigenvalue weighted by molar-refractivity contribution is 0.162. The van der Waals surface area contributed by atoms with Gasteiger partial charge in [0, 0.05) is 5.56 Å². The van der Waals surface area contributed by atoms with Gasteiger partial charge in [-0.3, -0.25) is 0 Å². The first-order chi connectivity index (χ1) is 7.25. The van der Waals surface area contributed by atoms with Gasteiger partial charge in [-0.05, 0) is 24.1 Å². The zero-order valence-corrected chi connectivity index (χ0v) is 9.96. The Morgan fingerprint density at radius 1 is 1.33 bits per heavy atom. The van der Waals surface area contributed by atoms with Gasteiger partial charge in [0.2, 0.25) is 0 Å². The number of furan rings is 1. The number of halogens is 1. The van der Waals surface area contributed by atoms with Gasteiger partial charge >= 0.3 is 0 Å². The van der Waals surface area contributed by atoms with Crippen molar-refractivity contribution in [3.05, 3.63) is 23.1 Å². The van der Waals surface area contributed by atoms with Crippen LogP contribution in [0.4, 0.5) is 0 Å². The van der Waals surface area contributed by atoms with E-state index in [4.69, 9.17) is 16.0 Å². The number of rotatable bonds is 7. The number of hydrogen-bond donors (Lipinski definition) is 1. The van der Waals surface area contributed by atoms with E-state index in [0.717, 1.165) is 12.8 Å². The molecule has 0 saturated heterocycles. The minimum atomic E-state index is -0.474. The van der Waals surface area contributed by atoms with Gasteiger partial charge in [0.25, 0.3) is 0 Å². The maximum atomic E-state index is 9.80. The molecule has 0 radical (unpaired) electrons. The lowest BCUT2D eigenvalue weighted by atomic mass is 10.0. The summed E-state index contributed by atoms with van der Waals surface area (Å²) >= 11 is 5.77. The topological polar surface area (TPSA) is 33.4 Å². The van der Waals surface area contributed by atoms with E-state index >= 15 is 0 Å². The Morgan fingerprint density at radius 2 is 2.07 bits per heavy atom. The Morgan fingerprint density at radius 3 is 2.67 bits per heavy atom. The maximum Gasteiger partial charge on any atom is 0.198 e. The van der Waals surface area contributed by atoms with E-state index in [1.54, 1.807) is 6.07 Å². The molecule has 0 saturated carbocycles. The molecule has 1 unspecified atom stereocenters. The van der Waals surface area contributed by atoms with Gasteiger partial charge in [0.1, 0.15) is 0 Å². The summed E-state index contributed by atoms with van der Waals surface area (Å²) < 4.78 is 4.94.